The lowest BCUT2D eigenvalue weighted by Gasteiger charge is -2.24. The molecule has 0 saturated carbocycles. The summed E-state index contributed by atoms with van der Waals surface area (Å²) in [5, 5.41) is 0. The Kier molecular flexibility index (Phi) is 4.97. The van der Waals surface area contributed by atoms with E-state index in [9.17, 15) is 13.2 Å². The number of aromatic nitrogens is 1. The Balaban J connectivity index is 1.89. The first-order chi connectivity index (χ1) is 12.2. The van der Waals surface area contributed by atoms with Crippen molar-refractivity contribution in [2.75, 3.05) is 18.6 Å². The van der Waals surface area contributed by atoms with Gasteiger partial charge in [-0.3, -0.25) is 4.79 Å². The van der Waals surface area contributed by atoms with E-state index in [0.29, 0.717) is 12.0 Å². The highest BCUT2D eigenvalue weighted by atomic mass is 32.2. The van der Waals surface area contributed by atoms with Crippen LogP contribution >= 0.6 is 0 Å². The first kappa shape index (κ1) is 18.7. The maximum absolute atomic E-state index is 13.0. The number of rotatable bonds is 4. The van der Waals surface area contributed by atoms with E-state index in [4.69, 9.17) is 0 Å². The molecule has 5 nitrogen and oxygen atoms in total. The lowest BCUT2D eigenvalue weighted by Crippen LogP contribution is -2.38. The quantitative estimate of drug-likeness (QED) is 0.827. The standard InChI is InChI=1S/C20H26N2O3S/c1-14-12-19(20(23)21(4)18-10-11-26(24,25)13-18)16(3)22(14)15(2)17-8-6-5-7-9-17/h5-9,12,15,18H,10-11,13H2,1-4H3/t15-,18-/m1/s1. The summed E-state index contributed by atoms with van der Waals surface area (Å²) in [7, 11) is -1.31. The van der Waals surface area contributed by atoms with E-state index in [0.717, 1.165) is 11.4 Å². The number of carbonyl (C=O) groups excluding carboxylic acids is 1. The molecule has 1 fully saturated rings. The smallest absolute Gasteiger partial charge is 0.255 e. The fraction of sp³-hybridized carbons (Fsp3) is 0.450. The second-order valence-corrected chi connectivity index (χ2v) is 9.44. The van der Waals surface area contributed by atoms with Gasteiger partial charge < -0.3 is 9.47 Å². The first-order valence-corrected chi connectivity index (χ1v) is 10.7. The molecule has 1 amide bonds. The lowest BCUT2D eigenvalue weighted by atomic mass is 10.1. The van der Waals surface area contributed by atoms with Crippen molar-refractivity contribution in [1.82, 2.24) is 9.47 Å². The maximum atomic E-state index is 13.0. The molecule has 0 unspecified atom stereocenters. The highest BCUT2D eigenvalue weighted by Gasteiger charge is 2.34. The minimum atomic E-state index is -3.02. The average Bonchev–Trinajstić information content (AvgIpc) is 3.12. The summed E-state index contributed by atoms with van der Waals surface area (Å²) in [6.07, 6.45) is 0.518. The van der Waals surface area contributed by atoms with Crippen molar-refractivity contribution in [2.45, 2.75) is 39.3 Å². The van der Waals surface area contributed by atoms with Crippen LogP contribution < -0.4 is 0 Å². The van der Waals surface area contributed by atoms with Crippen molar-refractivity contribution < 1.29 is 13.2 Å². The molecule has 1 aromatic heterocycles. The van der Waals surface area contributed by atoms with Crippen molar-refractivity contribution in [2.24, 2.45) is 0 Å². The highest BCUT2D eigenvalue weighted by molar-refractivity contribution is 7.91. The van der Waals surface area contributed by atoms with Gasteiger partial charge in [-0.15, -0.1) is 0 Å². The Morgan fingerprint density at radius 3 is 2.46 bits per heavy atom. The van der Waals surface area contributed by atoms with E-state index in [1.165, 1.54) is 5.56 Å². The molecule has 0 bridgehead atoms. The molecule has 1 aliphatic rings. The number of hydrogen-bond donors (Lipinski definition) is 0. The molecule has 1 saturated heterocycles. The summed E-state index contributed by atoms with van der Waals surface area (Å²) in [6.45, 7) is 6.08. The van der Waals surface area contributed by atoms with Gasteiger partial charge in [0.1, 0.15) is 0 Å². The molecule has 2 atom stereocenters. The van der Waals surface area contributed by atoms with E-state index in [1.807, 2.05) is 38.1 Å². The van der Waals surface area contributed by atoms with Crippen LogP contribution in [0, 0.1) is 13.8 Å². The Bertz CT molecular complexity index is 916. The largest absolute Gasteiger partial charge is 0.341 e. The molecule has 140 valence electrons. The Morgan fingerprint density at radius 2 is 1.88 bits per heavy atom. The van der Waals surface area contributed by atoms with Gasteiger partial charge in [-0.05, 0) is 38.8 Å². The molecule has 0 aliphatic carbocycles. The molecular weight excluding hydrogens is 348 g/mol. The van der Waals surface area contributed by atoms with Crippen molar-refractivity contribution >= 4 is 15.7 Å². The van der Waals surface area contributed by atoms with Gasteiger partial charge in [-0.25, -0.2) is 8.42 Å². The molecule has 26 heavy (non-hydrogen) atoms. The van der Waals surface area contributed by atoms with Crippen LogP contribution in [0.1, 0.15) is 46.7 Å². The van der Waals surface area contributed by atoms with Crippen LogP contribution in [-0.2, 0) is 9.84 Å². The molecule has 2 heterocycles. The molecule has 2 aromatic rings. The lowest BCUT2D eigenvalue weighted by molar-refractivity contribution is 0.0747. The van der Waals surface area contributed by atoms with Gasteiger partial charge in [0.25, 0.3) is 5.91 Å². The van der Waals surface area contributed by atoms with Crippen LogP contribution in [0.3, 0.4) is 0 Å². The van der Waals surface area contributed by atoms with E-state index >= 15 is 0 Å². The average molecular weight is 375 g/mol. The summed E-state index contributed by atoms with van der Waals surface area (Å²) in [4.78, 5) is 14.6. The number of amides is 1. The topological polar surface area (TPSA) is 59.4 Å². The summed E-state index contributed by atoms with van der Waals surface area (Å²) in [5.41, 5.74) is 3.77. The van der Waals surface area contributed by atoms with Crippen molar-refractivity contribution in [1.29, 1.82) is 0 Å². The van der Waals surface area contributed by atoms with Crippen LogP contribution in [0.4, 0.5) is 0 Å². The normalized spacial score (nSPS) is 20.1. The predicted octanol–water partition coefficient (Wildman–Crippen LogP) is 2.97. The molecule has 0 N–H and O–H groups in total. The first-order valence-electron chi connectivity index (χ1n) is 8.92. The summed E-state index contributed by atoms with van der Waals surface area (Å²) >= 11 is 0. The van der Waals surface area contributed by atoms with Gasteiger partial charge >= 0.3 is 0 Å². The molecule has 0 spiro atoms. The summed E-state index contributed by atoms with van der Waals surface area (Å²) in [6, 6.07) is 12.0. The van der Waals surface area contributed by atoms with E-state index < -0.39 is 9.84 Å². The van der Waals surface area contributed by atoms with Crippen molar-refractivity contribution in [3.05, 3.63) is 58.9 Å². The van der Waals surface area contributed by atoms with Gasteiger partial charge in [0, 0.05) is 24.5 Å². The minimum Gasteiger partial charge on any atom is -0.341 e. The van der Waals surface area contributed by atoms with Crippen LogP contribution in [-0.4, -0.2) is 48.4 Å². The van der Waals surface area contributed by atoms with Crippen LogP contribution in [0.2, 0.25) is 0 Å². The molecule has 6 heteroatoms. The second kappa shape index (κ2) is 6.91. The SMILES string of the molecule is Cc1cc(C(=O)N(C)[C@@H]2CCS(=O)(=O)C2)c(C)n1[C@H](C)c1ccccc1. The third kappa shape index (κ3) is 3.43. The van der Waals surface area contributed by atoms with E-state index in [1.54, 1.807) is 11.9 Å². The van der Waals surface area contributed by atoms with Gasteiger partial charge in [0.05, 0.1) is 23.1 Å². The Labute approximate surface area is 155 Å². The van der Waals surface area contributed by atoms with E-state index in [2.05, 4.69) is 23.6 Å². The van der Waals surface area contributed by atoms with Crippen LogP contribution in [0.25, 0.3) is 0 Å². The van der Waals surface area contributed by atoms with Crippen molar-refractivity contribution in [3.63, 3.8) is 0 Å². The maximum Gasteiger partial charge on any atom is 0.255 e. The van der Waals surface area contributed by atoms with Crippen molar-refractivity contribution in [3.8, 4) is 0 Å². The molecule has 1 aliphatic heterocycles. The summed E-state index contributed by atoms with van der Waals surface area (Å²) < 4.78 is 25.6. The van der Waals surface area contributed by atoms with Crippen LogP contribution in [0.15, 0.2) is 36.4 Å². The summed E-state index contributed by atoms with van der Waals surface area (Å²) in [5.74, 6) is 0.125. The third-order valence-corrected chi connectivity index (χ3v) is 7.21. The molecular formula is C20H26N2O3S. The number of sulfone groups is 1. The zero-order valence-electron chi connectivity index (χ0n) is 15.8. The monoisotopic (exact) mass is 374 g/mol. The third-order valence-electron chi connectivity index (χ3n) is 5.46. The van der Waals surface area contributed by atoms with Gasteiger partial charge in [0.15, 0.2) is 9.84 Å². The number of hydrogen-bond acceptors (Lipinski definition) is 3. The minimum absolute atomic E-state index is 0.0639. The fourth-order valence-corrected chi connectivity index (χ4v) is 5.68. The van der Waals surface area contributed by atoms with Gasteiger partial charge in [-0.1, -0.05) is 30.3 Å². The van der Waals surface area contributed by atoms with Gasteiger partial charge in [0.2, 0.25) is 0 Å². The number of aryl methyl sites for hydroxylation is 1. The number of benzene rings is 1. The predicted molar refractivity (Wildman–Crippen MR) is 103 cm³/mol. The highest BCUT2D eigenvalue weighted by Crippen LogP contribution is 2.27. The number of nitrogens with zero attached hydrogens (tertiary/aromatic N) is 2. The molecule has 3 rings (SSSR count). The fourth-order valence-electron chi connectivity index (χ4n) is 3.91. The Hall–Kier alpha value is -2.08. The Morgan fingerprint density at radius 1 is 1.23 bits per heavy atom. The second-order valence-electron chi connectivity index (χ2n) is 7.21. The zero-order chi connectivity index (χ0) is 19.1. The number of carbonyl (C=O) groups is 1. The van der Waals surface area contributed by atoms with E-state index in [-0.39, 0.29) is 29.5 Å². The zero-order valence-corrected chi connectivity index (χ0v) is 16.6. The molecule has 1 aromatic carbocycles. The van der Waals surface area contributed by atoms with Crippen LogP contribution in [0.5, 0.6) is 0 Å². The van der Waals surface area contributed by atoms with Gasteiger partial charge in [-0.2, -0.15) is 0 Å². The molecule has 0 radical (unpaired) electrons.